The highest BCUT2D eigenvalue weighted by molar-refractivity contribution is 7.10. The molecule has 0 fully saturated rings. The van der Waals surface area contributed by atoms with Crippen LogP contribution in [0.3, 0.4) is 0 Å². The number of carbonyl (C=O) groups excluding carboxylic acids is 2. The first-order chi connectivity index (χ1) is 16.9. The van der Waals surface area contributed by atoms with Crippen LogP contribution in [-0.2, 0) is 11.2 Å². The number of ether oxygens (including phenoxy) is 1. The van der Waals surface area contributed by atoms with Crippen LogP contribution in [-0.4, -0.2) is 47.9 Å². The zero-order valence-electron chi connectivity index (χ0n) is 19.4. The molecule has 1 atom stereocenters. The summed E-state index contributed by atoms with van der Waals surface area (Å²) in [4.78, 5) is 30.9. The number of halogens is 2. The van der Waals surface area contributed by atoms with E-state index in [2.05, 4.69) is 6.58 Å². The van der Waals surface area contributed by atoms with Crippen LogP contribution in [0.5, 0.6) is 5.75 Å². The van der Waals surface area contributed by atoms with Crippen molar-refractivity contribution in [3.8, 4) is 5.75 Å². The van der Waals surface area contributed by atoms with E-state index in [1.54, 1.807) is 28.4 Å². The average Bonchev–Trinajstić information content (AvgIpc) is 3.33. The average molecular weight is 513 g/mol. The first-order valence-corrected chi connectivity index (χ1v) is 12.5. The molecule has 35 heavy (non-hydrogen) atoms. The van der Waals surface area contributed by atoms with Crippen LogP contribution >= 0.6 is 22.9 Å². The third kappa shape index (κ3) is 5.74. The zero-order valence-corrected chi connectivity index (χ0v) is 20.9. The van der Waals surface area contributed by atoms with Crippen molar-refractivity contribution in [1.82, 2.24) is 9.80 Å². The Kier molecular flexibility index (Phi) is 7.88. The molecule has 2 amide bonds. The number of fused-ring (bicyclic) bond motifs is 1. The van der Waals surface area contributed by atoms with E-state index in [-0.39, 0.29) is 37.2 Å². The second-order valence-electron chi connectivity index (χ2n) is 8.36. The molecular weight excluding hydrogens is 487 g/mol. The molecule has 4 rings (SSSR count). The van der Waals surface area contributed by atoms with E-state index >= 15 is 0 Å². The van der Waals surface area contributed by atoms with Crippen LogP contribution in [0.25, 0.3) is 0 Å². The predicted molar refractivity (Wildman–Crippen MR) is 137 cm³/mol. The number of amides is 2. The lowest BCUT2D eigenvalue weighted by atomic mass is 10.0. The molecule has 0 radical (unpaired) electrons. The first-order valence-electron chi connectivity index (χ1n) is 11.3. The van der Waals surface area contributed by atoms with E-state index in [1.807, 2.05) is 30.5 Å². The number of rotatable bonds is 8. The van der Waals surface area contributed by atoms with Gasteiger partial charge < -0.3 is 14.5 Å². The third-order valence-corrected chi connectivity index (χ3v) is 7.41. The van der Waals surface area contributed by atoms with Gasteiger partial charge in [0.1, 0.15) is 24.7 Å². The number of thiophene rings is 1. The molecule has 0 N–H and O–H groups in total. The van der Waals surface area contributed by atoms with Crippen molar-refractivity contribution in [3.05, 3.63) is 99.0 Å². The van der Waals surface area contributed by atoms with Crippen LogP contribution in [0, 0.1) is 12.7 Å². The van der Waals surface area contributed by atoms with Crippen LogP contribution in [0.15, 0.2) is 66.6 Å². The largest absolute Gasteiger partial charge is 0.491 e. The SMILES string of the molecule is C=CCN(CC(=O)N1CCc2sccc2[C@H]1COc1ccc(Cl)c(C)c1)C(=O)c1cccc(F)c1. The van der Waals surface area contributed by atoms with Crippen molar-refractivity contribution >= 4 is 34.8 Å². The molecule has 0 saturated carbocycles. The molecule has 5 nitrogen and oxygen atoms in total. The maximum Gasteiger partial charge on any atom is 0.254 e. The van der Waals surface area contributed by atoms with Crippen molar-refractivity contribution < 1.29 is 18.7 Å². The van der Waals surface area contributed by atoms with Gasteiger partial charge in [0.25, 0.3) is 5.91 Å². The fourth-order valence-electron chi connectivity index (χ4n) is 4.19. The normalized spacial score (nSPS) is 14.8. The summed E-state index contributed by atoms with van der Waals surface area (Å²) in [5.41, 5.74) is 2.16. The van der Waals surface area contributed by atoms with Gasteiger partial charge in [-0.05, 0) is 72.3 Å². The molecule has 0 unspecified atom stereocenters. The number of nitrogens with zero attached hydrogens (tertiary/aromatic N) is 2. The van der Waals surface area contributed by atoms with E-state index in [9.17, 15) is 14.0 Å². The number of hydrogen-bond acceptors (Lipinski definition) is 4. The van der Waals surface area contributed by atoms with Gasteiger partial charge in [-0.1, -0.05) is 23.7 Å². The van der Waals surface area contributed by atoms with Gasteiger partial charge in [0, 0.05) is 28.6 Å². The Morgan fingerprint density at radius 2 is 2.11 bits per heavy atom. The topological polar surface area (TPSA) is 49.9 Å². The van der Waals surface area contributed by atoms with Gasteiger partial charge in [0.05, 0.1) is 6.04 Å². The monoisotopic (exact) mass is 512 g/mol. The maximum atomic E-state index is 13.7. The summed E-state index contributed by atoms with van der Waals surface area (Å²) in [6, 6.07) is 12.7. The highest BCUT2D eigenvalue weighted by Gasteiger charge is 2.33. The minimum Gasteiger partial charge on any atom is -0.491 e. The van der Waals surface area contributed by atoms with Gasteiger partial charge in [-0.25, -0.2) is 4.39 Å². The van der Waals surface area contributed by atoms with Crippen LogP contribution in [0.1, 0.15) is 32.4 Å². The second kappa shape index (κ2) is 11.1. The first kappa shape index (κ1) is 24.9. The molecule has 8 heteroatoms. The number of aryl methyl sites for hydroxylation is 1. The third-order valence-electron chi connectivity index (χ3n) is 5.99. The number of hydrogen-bond donors (Lipinski definition) is 0. The molecule has 182 valence electrons. The van der Waals surface area contributed by atoms with Crippen molar-refractivity contribution in [2.45, 2.75) is 19.4 Å². The lowest BCUT2D eigenvalue weighted by molar-refractivity contribution is -0.135. The number of carbonyl (C=O) groups is 2. The minimum absolute atomic E-state index is 0.141. The maximum absolute atomic E-state index is 13.7. The summed E-state index contributed by atoms with van der Waals surface area (Å²) in [5, 5.41) is 2.69. The summed E-state index contributed by atoms with van der Waals surface area (Å²) in [7, 11) is 0. The molecule has 1 aliphatic rings. The fraction of sp³-hybridized carbons (Fsp3) is 0.259. The predicted octanol–water partition coefficient (Wildman–Crippen LogP) is 5.68. The number of benzene rings is 2. The van der Waals surface area contributed by atoms with E-state index in [4.69, 9.17) is 16.3 Å². The summed E-state index contributed by atoms with van der Waals surface area (Å²) in [6.45, 7) is 6.44. The van der Waals surface area contributed by atoms with Gasteiger partial charge in [-0.15, -0.1) is 17.9 Å². The lowest BCUT2D eigenvalue weighted by Gasteiger charge is -2.37. The Bertz CT molecular complexity index is 1240. The second-order valence-corrected chi connectivity index (χ2v) is 9.77. The van der Waals surface area contributed by atoms with Gasteiger partial charge in [-0.3, -0.25) is 9.59 Å². The van der Waals surface area contributed by atoms with Crippen molar-refractivity contribution in [1.29, 1.82) is 0 Å². The smallest absolute Gasteiger partial charge is 0.254 e. The van der Waals surface area contributed by atoms with Crippen molar-refractivity contribution in [2.24, 2.45) is 0 Å². The molecule has 0 saturated heterocycles. The van der Waals surface area contributed by atoms with Gasteiger partial charge in [-0.2, -0.15) is 0 Å². The summed E-state index contributed by atoms with van der Waals surface area (Å²) in [5.74, 6) is -0.447. The van der Waals surface area contributed by atoms with Gasteiger partial charge in [0.15, 0.2) is 0 Å². The summed E-state index contributed by atoms with van der Waals surface area (Å²) in [6.07, 6.45) is 2.30. The van der Waals surface area contributed by atoms with Crippen LogP contribution in [0.2, 0.25) is 5.02 Å². The molecule has 1 aliphatic heterocycles. The Morgan fingerprint density at radius 1 is 1.29 bits per heavy atom. The molecule has 3 aromatic rings. The molecule has 2 heterocycles. The lowest BCUT2D eigenvalue weighted by Crippen LogP contribution is -2.47. The molecular formula is C27H26ClFN2O3S. The van der Waals surface area contributed by atoms with Gasteiger partial charge >= 0.3 is 0 Å². The highest BCUT2D eigenvalue weighted by Crippen LogP contribution is 2.34. The Hall–Kier alpha value is -3.16. The Labute approximate surface area is 213 Å². The van der Waals surface area contributed by atoms with Gasteiger partial charge in [0.2, 0.25) is 5.91 Å². The van der Waals surface area contributed by atoms with Crippen molar-refractivity contribution in [2.75, 3.05) is 26.2 Å². The molecule has 2 aromatic carbocycles. The Morgan fingerprint density at radius 3 is 2.86 bits per heavy atom. The van der Waals surface area contributed by atoms with Crippen LogP contribution in [0.4, 0.5) is 4.39 Å². The van der Waals surface area contributed by atoms with E-state index < -0.39 is 11.7 Å². The van der Waals surface area contributed by atoms with Crippen LogP contribution < -0.4 is 4.74 Å². The Balaban J connectivity index is 1.53. The van der Waals surface area contributed by atoms with Crippen molar-refractivity contribution in [3.63, 3.8) is 0 Å². The molecule has 0 aliphatic carbocycles. The highest BCUT2D eigenvalue weighted by atomic mass is 35.5. The van der Waals surface area contributed by atoms with E-state index in [0.29, 0.717) is 17.3 Å². The minimum atomic E-state index is -0.503. The zero-order chi connectivity index (χ0) is 24.9. The summed E-state index contributed by atoms with van der Waals surface area (Å²) < 4.78 is 19.8. The summed E-state index contributed by atoms with van der Waals surface area (Å²) >= 11 is 7.80. The van der Waals surface area contributed by atoms with E-state index in [1.165, 1.54) is 34.0 Å². The van der Waals surface area contributed by atoms with E-state index in [0.717, 1.165) is 17.5 Å². The quantitative estimate of drug-likeness (QED) is 0.365. The molecule has 0 spiro atoms. The molecule has 0 bridgehead atoms. The molecule has 1 aromatic heterocycles. The standard InChI is InChI=1S/C27H26ClFN2O3S/c1-3-11-30(27(33)19-5-4-6-20(29)15-19)16-26(32)31-12-9-25-22(10-13-35-25)24(31)17-34-21-7-8-23(28)18(2)14-21/h3-8,10,13-15,24H,1,9,11-12,16-17H2,2H3/t24-/m1/s1. The fourth-order valence-corrected chi connectivity index (χ4v) is 5.24.